The molecule has 0 aromatic heterocycles. The van der Waals surface area contributed by atoms with Crippen molar-refractivity contribution in [1.29, 1.82) is 0 Å². The predicted octanol–water partition coefficient (Wildman–Crippen LogP) is 0.180. The van der Waals surface area contributed by atoms with Crippen LogP contribution >= 0.6 is 6.49 Å². The largest absolute Gasteiger partial charge is 0.279 e. The van der Waals surface area contributed by atoms with Gasteiger partial charge in [-0.15, -0.1) is 0 Å². The van der Waals surface area contributed by atoms with Crippen LogP contribution in [0.5, 0.6) is 0 Å². The predicted molar refractivity (Wildman–Crippen MR) is 53.7 cm³/mol. The van der Waals surface area contributed by atoms with E-state index in [0.29, 0.717) is 0 Å². The Hall–Kier alpha value is 0.680. The van der Waals surface area contributed by atoms with E-state index >= 15 is 0 Å². The topological polar surface area (TPSA) is 81.1 Å². The number of hydrogen-bond donors (Lipinski definition) is 3. The summed E-state index contributed by atoms with van der Waals surface area (Å²) < 4.78 is 13.4. The summed E-state index contributed by atoms with van der Waals surface area (Å²) in [5.74, 6) is 0. The van der Waals surface area contributed by atoms with E-state index in [4.69, 9.17) is 22.8 Å². The number of nitrogens with one attached hydrogen (secondary N) is 1. The van der Waals surface area contributed by atoms with Crippen molar-refractivity contribution in [2.75, 3.05) is 0 Å². The van der Waals surface area contributed by atoms with E-state index in [0.717, 1.165) is 0 Å². The first-order valence-electron chi connectivity index (χ1n) is 3.00. The molecule has 0 radical (unpaired) electrons. The zero-order chi connectivity index (χ0) is 9.28. The first-order valence-corrected chi connectivity index (χ1v) is 7.09. The van der Waals surface area contributed by atoms with E-state index in [1.165, 1.54) is 0 Å². The molecule has 0 heterocycles. The molecule has 4 nitrogen and oxygen atoms in total. The molecule has 0 aliphatic heterocycles. The summed E-state index contributed by atoms with van der Waals surface area (Å²) in [6.45, 7) is 2.93. The summed E-state index contributed by atoms with van der Waals surface area (Å²) in [5.41, 5.74) is 10.7. The SMILES string of the molecule is CC(C)(C)S(=O)NP(N)(N)=S. The molecule has 68 valence electrons. The monoisotopic (exact) mass is 215 g/mol. The van der Waals surface area contributed by atoms with Gasteiger partial charge in [0.25, 0.3) is 0 Å². The second kappa shape index (κ2) is 3.60. The van der Waals surface area contributed by atoms with Crippen LogP contribution in [0.4, 0.5) is 0 Å². The molecule has 0 amide bonds. The fourth-order valence-electron chi connectivity index (χ4n) is 0.267. The van der Waals surface area contributed by atoms with E-state index in [-0.39, 0.29) is 4.75 Å². The van der Waals surface area contributed by atoms with Crippen LogP contribution in [0, 0.1) is 0 Å². The van der Waals surface area contributed by atoms with E-state index in [1.54, 1.807) is 0 Å². The molecule has 0 saturated carbocycles. The van der Waals surface area contributed by atoms with Crippen LogP contribution in [0.15, 0.2) is 0 Å². The van der Waals surface area contributed by atoms with Crippen molar-refractivity contribution in [3.8, 4) is 0 Å². The minimum absolute atomic E-state index is 0.372. The second-order valence-electron chi connectivity index (χ2n) is 3.18. The lowest BCUT2D eigenvalue weighted by Gasteiger charge is -2.21. The van der Waals surface area contributed by atoms with Gasteiger partial charge in [0.1, 0.15) is 17.5 Å². The van der Waals surface area contributed by atoms with E-state index in [2.05, 4.69) is 4.49 Å². The third-order valence-electron chi connectivity index (χ3n) is 0.782. The molecule has 7 heteroatoms. The lowest BCUT2D eigenvalue weighted by Crippen LogP contribution is -2.35. The highest BCUT2D eigenvalue weighted by molar-refractivity contribution is 8.15. The van der Waals surface area contributed by atoms with Crippen molar-refractivity contribution < 1.29 is 4.21 Å². The Balaban J connectivity index is 4.23. The molecule has 1 unspecified atom stereocenters. The van der Waals surface area contributed by atoms with Crippen LogP contribution in [0.2, 0.25) is 0 Å². The van der Waals surface area contributed by atoms with Gasteiger partial charge < -0.3 is 0 Å². The highest BCUT2D eigenvalue weighted by atomic mass is 32.5. The lowest BCUT2D eigenvalue weighted by atomic mass is 10.3. The smallest absolute Gasteiger partial charge is 0.143 e. The van der Waals surface area contributed by atoms with Crippen molar-refractivity contribution in [3.05, 3.63) is 0 Å². The maximum absolute atomic E-state index is 11.3. The summed E-state index contributed by atoms with van der Waals surface area (Å²) >= 11 is 4.69. The van der Waals surface area contributed by atoms with Gasteiger partial charge in [0.05, 0.1) is 4.75 Å². The molecule has 0 aromatic carbocycles. The van der Waals surface area contributed by atoms with Gasteiger partial charge in [-0.3, -0.25) is 11.0 Å². The van der Waals surface area contributed by atoms with Crippen LogP contribution in [0.1, 0.15) is 20.8 Å². The summed E-state index contributed by atoms with van der Waals surface area (Å²) in [5, 5.41) is 0. The highest BCUT2D eigenvalue weighted by Crippen LogP contribution is 2.23. The Labute approximate surface area is 74.9 Å². The molecule has 0 aliphatic carbocycles. The molecule has 0 aromatic rings. The second-order valence-corrected chi connectivity index (χ2v) is 8.91. The number of nitrogens with two attached hydrogens (primary N) is 2. The minimum atomic E-state index is -2.54. The Kier molecular flexibility index (Phi) is 3.82. The van der Waals surface area contributed by atoms with Gasteiger partial charge in [-0.05, 0) is 32.6 Å². The third kappa shape index (κ3) is 5.90. The van der Waals surface area contributed by atoms with Gasteiger partial charge in [-0.2, -0.15) is 4.49 Å². The van der Waals surface area contributed by atoms with Crippen molar-refractivity contribution in [3.63, 3.8) is 0 Å². The number of hydrogen-bond acceptors (Lipinski definition) is 2. The Morgan fingerprint density at radius 2 is 1.82 bits per heavy atom. The molecule has 0 spiro atoms. The van der Waals surface area contributed by atoms with Crippen LogP contribution in [-0.2, 0) is 22.8 Å². The van der Waals surface area contributed by atoms with Crippen molar-refractivity contribution in [2.45, 2.75) is 25.5 Å². The van der Waals surface area contributed by atoms with Crippen LogP contribution in [-0.4, -0.2) is 8.96 Å². The normalized spacial score (nSPS) is 16.5. The van der Waals surface area contributed by atoms with Gasteiger partial charge in [0.15, 0.2) is 0 Å². The van der Waals surface area contributed by atoms with Gasteiger partial charge >= 0.3 is 0 Å². The Morgan fingerprint density at radius 3 is 1.91 bits per heavy atom. The average Bonchev–Trinajstić information content (AvgIpc) is 1.56. The fraction of sp³-hybridized carbons (Fsp3) is 1.00. The molecule has 0 bridgehead atoms. The van der Waals surface area contributed by atoms with E-state index in [9.17, 15) is 4.21 Å². The summed E-state index contributed by atoms with van der Waals surface area (Å²) in [7, 11) is -1.26. The van der Waals surface area contributed by atoms with Crippen molar-refractivity contribution in [2.24, 2.45) is 11.0 Å². The third-order valence-corrected chi connectivity index (χ3v) is 4.37. The first-order chi connectivity index (χ1) is 4.63. The van der Waals surface area contributed by atoms with Crippen molar-refractivity contribution in [1.82, 2.24) is 4.49 Å². The summed E-state index contributed by atoms with van der Waals surface area (Å²) in [4.78, 5) is 0. The highest BCUT2D eigenvalue weighted by Gasteiger charge is 2.22. The molecular weight excluding hydrogens is 201 g/mol. The molecule has 0 aliphatic rings. The van der Waals surface area contributed by atoms with Gasteiger partial charge in [0, 0.05) is 0 Å². The van der Waals surface area contributed by atoms with Crippen LogP contribution in [0.3, 0.4) is 0 Å². The molecule has 5 N–H and O–H groups in total. The molecule has 0 saturated heterocycles. The zero-order valence-electron chi connectivity index (χ0n) is 6.83. The van der Waals surface area contributed by atoms with Crippen LogP contribution in [0.25, 0.3) is 0 Å². The standard InChI is InChI=1S/C4H14N3OPS2/c1-4(2,3)11(8)7-9(5,6)10/h1-3H3,(H5,5,6,7,10). The van der Waals surface area contributed by atoms with Crippen LogP contribution < -0.4 is 15.5 Å². The maximum Gasteiger partial charge on any atom is 0.143 e. The first kappa shape index (κ1) is 11.7. The molecule has 0 fully saturated rings. The quantitative estimate of drug-likeness (QED) is 0.574. The minimum Gasteiger partial charge on any atom is -0.279 e. The summed E-state index contributed by atoms with van der Waals surface area (Å²) in [6, 6.07) is 0. The average molecular weight is 215 g/mol. The van der Waals surface area contributed by atoms with Crippen molar-refractivity contribution >= 4 is 29.3 Å². The maximum atomic E-state index is 11.3. The lowest BCUT2D eigenvalue weighted by molar-refractivity contribution is 0.647. The van der Waals surface area contributed by atoms with E-state index < -0.39 is 17.5 Å². The zero-order valence-corrected chi connectivity index (χ0v) is 9.35. The molecular formula is C4H14N3OPS2. The molecule has 11 heavy (non-hydrogen) atoms. The summed E-state index contributed by atoms with van der Waals surface area (Å²) in [6.07, 6.45) is 0. The Bertz CT molecular complexity index is 206. The van der Waals surface area contributed by atoms with Gasteiger partial charge in [0.2, 0.25) is 0 Å². The molecule has 1 atom stereocenters. The van der Waals surface area contributed by atoms with Gasteiger partial charge in [-0.1, -0.05) is 0 Å². The van der Waals surface area contributed by atoms with E-state index in [1.807, 2.05) is 20.8 Å². The molecule has 0 rings (SSSR count). The Morgan fingerprint density at radius 1 is 1.45 bits per heavy atom. The fourth-order valence-corrected chi connectivity index (χ4v) is 3.01. The van der Waals surface area contributed by atoms with Gasteiger partial charge in [-0.25, -0.2) is 4.21 Å². The number of rotatable bonds is 2.